The molecule has 0 radical (unpaired) electrons. The second kappa shape index (κ2) is 8.03. The molecule has 1 aliphatic heterocycles. The van der Waals surface area contributed by atoms with Gasteiger partial charge >= 0.3 is 0 Å². The van der Waals surface area contributed by atoms with Crippen molar-refractivity contribution in [3.63, 3.8) is 0 Å². The van der Waals surface area contributed by atoms with Crippen molar-refractivity contribution < 1.29 is 14.3 Å². The number of piperidine rings is 1. The fourth-order valence-electron chi connectivity index (χ4n) is 3.10. The third kappa shape index (κ3) is 4.22. The van der Waals surface area contributed by atoms with Crippen LogP contribution < -0.4 is 15.0 Å². The zero-order chi connectivity index (χ0) is 18.5. The molecule has 1 fully saturated rings. The first kappa shape index (κ1) is 18.0. The van der Waals surface area contributed by atoms with Crippen LogP contribution in [0.3, 0.4) is 0 Å². The predicted octanol–water partition coefficient (Wildman–Crippen LogP) is 2.02. The number of hydrogen-bond donors (Lipinski definition) is 1. The Hall–Kier alpha value is -2.83. The summed E-state index contributed by atoms with van der Waals surface area (Å²) in [6.07, 6.45) is 3.22. The summed E-state index contributed by atoms with van der Waals surface area (Å²) in [5, 5.41) is 0. The Morgan fingerprint density at radius 2 is 2.19 bits per heavy atom. The minimum absolute atomic E-state index is 0.0879. The molecule has 0 bridgehead atoms. The Labute approximate surface area is 152 Å². The number of ether oxygens (including phenoxy) is 2. The van der Waals surface area contributed by atoms with E-state index in [1.807, 2.05) is 24.3 Å². The van der Waals surface area contributed by atoms with Crippen molar-refractivity contribution in [2.24, 2.45) is 5.92 Å². The molecule has 3 rings (SSSR count). The summed E-state index contributed by atoms with van der Waals surface area (Å²) in [6.45, 7) is 3.40. The Morgan fingerprint density at radius 3 is 2.96 bits per heavy atom. The number of aromatic nitrogens is 2. The van der Waals surface area contributed by atoms with Crippen LogP contribution >= 0.6 is 0 Å². The molecule has 0 unspecified atom stereocenters. The maximum absolute atomic E-state index is 12.6. The monoisotopic (exact) mass is 357 g/mol. The Kier molecular flexibility index (Phi) is 5.55. The smallest absolute Gasteiger partial charge is 0.263 e. The summed E-state index contributed by atoms with van der Waals surface area (Å²) in [5.74, 6) is 1.93. The van der Waals surface area contributed by atoms with Gasteiger partial charge < -0.3 is 19.4 Å². The summed E-state index contributed by atoms with van der Waals surface area (Å²) >= 11 is 0. The average Bonchev–Trinajstić information content (AvgIpc) is 2.66. The Morgan fingerprint density at radius 1 is 1.38 bits per heavy atom. The topological polar surface area (TPSA) is 84.5 Å². The van der Waals surface area contributed by atoms with E-state index in [1.165, 1.54) is 6.20 Å². The third-order valence-corrected chi connectivity index (χ3v) is 4.49. The number of nitrogens with one attached hydrogen (secondary N) is 1. The van der Waals surface area contributed by atoms with Crippen molar-refractivity contribution in [3.8, 4) is 11.5 Å². The van der Waals surface area contributed by atoms with E-state index in [1.54, 1.807) is 18.9 Å². The standard InChI is InChI=1S/C19H23N3O4/c1-13-20-10-17(18(23)21-13)19(24)22-8-4-5-14(11-22)12-26-16-7-3-6-15(9-16)25-2/h3,6-7,9-10,14H,4-5,8,11-12H2,1-2H3,(H,20,21,23)/t14-/m1/s1. The molecule has 2 aromatic rings. The van der Waals surface area contributed by atoms with Crippen LogP contribution in [-0.4, -0.2) is 47.6 Å². The number of aryl methyl sites for hydroxylation is 1. The van der Waals surface area contributed by atoms with Gasteiger partial charge in [0, 0.05) is 31.3 Å². The number of likely N-dealkylation sites (tertiary alicyclic amines) is 1. The summed E-state index contributed by atoms with van der Waals surface area (Å²) < 4.78 is 11.1. The number of rotatable bonds is 5. The van der Waals surface area contributed by atoms with Crippen LogP contribution in [0.15, 0.2) is 35.3 Å². The third-order valence-electron chi connectivity index (χ3n) is 4.49. The number of nitrogens with zero attached hydrogens (tertiary/aromatic N) is 2. The Balaban J connectivity index is 1.61. The van der Waals surface area contributed by atoms with Gasteiger partial charge in [-0.2, -0.15) is 0 Å². The van der Waals surface area contributed by atoms with E-state index >= 15 is 0 Å². The van der Waals surface area contributed by atoms with E-state index in [-0.39, 0.29) is 17.4 Å². The molecule has 0 aliphatic carbocycles. The minimum atomic E-state index is -0.391. The van der Waals surface area contributed by atoms with Gasteiger partial charge in [0.05, 0.1) is 13.7 Å². The molecule has 1 amide bonds. The number of H-pyrrole nitrogens is 1. The summed E-state index contributed by atoms with van der Waals surface area (Å²) in [6, 6.07) is 7.46. The highest BCUT2D eigenvalue weighted by molar-refractivity contribution is 5.93. The largest absolute Gasteiger partial charge is 0.497 e. The summed E-state index contributed by atoms with van der Waals surface area (Å²) in [4.78, 5) is 33.0. The summed E-state index contributed by atoms with van der Waals surface area (Å²) in [5.41, 5.74) is -0.304. The fourth-order valence-corrected chi connectivity index (χ4v) is 3.10. The van der Waals surface area contributed by atoms with Crippen molar-refractivity contribution in [1.82, 2.24) is 14.9 Å². The SMILES string of the molecule is COc1cccc(OC[C@@H]2CCCN(C(=O)c3cnc(C)[nH]c3=O)C2)c1. The van der Waals surface area contributed by atoms with Crippen LogP contribution in [0.25, 0.3) is 0 Å². The maximum atomic E-state index is 12.6. The van der Waals surface area contributed by atoms with E-state index in [0.29, 0.717) is 25.5 Å². The first-order valence-corrected chi connectivity index (χ1v) is 8.69. The molecule has 0 saturated carbocycles. The van der Waals surface area contributed by atoms with Gasteiger partial charge in [-0.3, -0.25) is 9.59 Å². The van der Waals surface area contributed by atoms with Gasteiger partial charge in [0.15, 0.2) is 0 Å². The van der Waals surface area contributed by atoms with Crippen molar-refractivity contribution in [2.75, 3.05) is 26.8 Å². The molecule has 2 heterocycles. The Bertz CT molecular complexity index is 834. The highest BCUT2D eigenvalue weighted by Gasteiger charge is 2.26. The predicted molar refractivity (Wildman–Crippen MR) is 96.7 cm³/mol. The molecule has 0 spiro atoms. The number of hydrogen-bond acceptors (Lipinski definition) is 5. The second-order valence-electron chi connectivity index (χ2n) is 6.46. The van der Waals surface area contributed by atoms with E-state index in [0.717, 1.165) is 24.3 Å². The lowest BCUT2D eigenvalue weighted by atomic mass is 9.98. The van der Waals surface area contributed by atoms with Crippen molar-refractivity contribution in [2.45, 2.75) is 19.8 Å². The van der Waals surface area contributed by atoms with Crippen molar-refractivity contribution in [3.05, 3.63) is 52.2 Å². The van der Waals surface area contributed by atoms with Crippen LogP contribution in [0.4, 0.5) is 0 Å². The lowest BCUT2D eigenvalue weighted by Gasteiger charge is -2.32. The number of carbonyl (C=O) groups is 1. The van der Waals surface area contributed by atoms with Gasteiger partial charge in [0.1, 0.15) is 22.9 Å². The first-order valence-electron chi connectivity index (χ1n) is 8.69. The average molecular weight is 357 g/mol. The van der Waals surface area contributed by atoms with Crippen LogP contribution in [0.5, 0.6) is 11.5 Å². The molecule has 26 heavy (non-hydrogen) atoms. The lowest BCUT2D eigenvalue weighted by molar-refractivity contribution is 0.0631. The molecule has 138 valence electrons. The fraction of sp³-hybridized carbons (Fsp3) is 0.421. The number of methoxy groups -OCH3 is 1. The van der Waals surface area contributed by atoms with E-state index < -0.39 is 5.56 Å². The molecule has 7 nitrogen and oxygen atoms in total. The summed E-state index contributed by atoms with van der Waals surface area (Å²) in [7, 11) is 1.62. The van der Waals surface area contributed by atoms with Crippen LogP contribution in [0.2, 0.25) is 0 Å². The van der Waals surface area contributed by atoms with E-state index in [9.17, 15) is 9.59 Å². The van der Waals surface area contributed by atoms with E-state index in [4.69, 9.17) is 9.47 Å². The van der Waals surface area contributed by atoms with Crippen molar-refractivity contribution in [1.29, 1.82) is 0 Å². The molecule has 1 aromatic heterocycles. The molecule has 7 heteroatoms. The number of carbonyl (C=O) groups excluding carboxylic acids is 1. The van der Waals surface area contributed by atoms with E-state index in [2.05, 4.69) is 9.97 Å². The molecular weight excluding hydrogens is 334 g/mol. The molecule has 1 atom stereocenters. The van der Waals surface area contributed by atoms with Gasteiger partial charge in [-0.15, -0.1) is 0 Å². The lowest BCUT2D eigenvalue weighted by Crippen LogP contribution is -2.43. The van der Waals surface area contributed by atoms with Gasteiger partial charge in [-0.1, -0.05) is 6.07 Å². The van der Waals surface area contributed by atoms with Gasteiger partial charge in [0.25, 0.3) is 11.5 Å². The van der Waals surface area contributed by atoms with Crippen molar-refractivity contribution >= 4 is 5.91 Å². The molecular formula is C19H23N3O4. The van der Waals surface area contributed by atoms with Crippen LogP contribution in [-0.2, 0) is 0 Å². The molecule has 1 aromatic carbocycles. The molecule has 1 saturated heterocycles. The van der Waals surface area contributed by atoms with Gasteiger partial charge in [-0.05, 0) is 31.9 Å². The zero-order valence-corrected chi connectivity index (χ0v) is 15.0. The minimum Gasteiger partial charge on any atom is -0.497 e. The van der Waals surface area contributed by atoms with Gasteiger partial charge in [0.2, 0.25) is 0 Å². The number of amides is 1. The quantitative estimate of drug-likeness (QED) is 0.885. The number of benzene rings is 1. The highest BCUT2D eigenvalue weighted by atomic mass is 16.5. The molecule has 1 N–H and O–H groups in total. The first-order chi connectivity index (χ1) is 12.6. The van der Waals surface area contributed by atoms with Gasteiger partial charge in [-0.25, -0.2) is 4.98 Å². The van der Waals surface area contributed by atoms with Crippen LogP contribution in [0, 0.1) is 12.8 Å². The maximum Gasteiger partial charge on any atom is 0.263 e. The second-order valence-corrected chi connectivity index (χ2v) is 6.46. The number of aromatic amines is 1. The zero-order valence-electron chi connectivity index (χ0n) is 15.0. The normalized spacial score (nSPS) is 17.0. The highest BCUT2D eigenvalue weighted by Crippen LogP contribution is 2.22. The molecule has 1 aliphatic rings. The van der Waals surface area contributed by atoms with Crippen LogP contribution in [0.1, 0.15) is 29.0 Å².